The summed E-state index contributed by atoms with van der Waals surface area (Å²) >= 11 is 0. The van der Waals surface area contributed by atoms with Crippen molar-refractivity contribution in [2.24, 2.45) is 0 Å². The molecular formula is C27H23N5O. The second-order valence-corrected chi connectivity index (χ2v) is 8.12. The number of hydrogen-bond acceptors (Lipinski definition) is 4. The van der Waals surface area contributed by atoms with E-state index in [1.54, 1.807) is 41.2 Å². The zero-order valence-electron chi connectivity index (χ0n) is 18.3. The summed E-state index contributed by atoms with van der Waals surface area (Å²) in [7, 11) is 0. The van der Waals surface area contributed by atoms with E-state index in [1.165, 1.54) is 12.0 Å². The molecule has 0 bridgehead atoms. The molecule has 6 heteroatoms. The normalized spacial score (nSPS) is 15.1. The summed E-state index contributed by atoms with van der Waals surface area (Å²) in [6.45, 7) is 1.97. The van der Waals surface area contributed by atoms with Crippen LogP contribution in [-0.2, 0) is 0 Å². The van der Waals surface area contributed by atoms with Gasteiger partial charge >= 0.3 is 0 Å². The minimum atomic E-state index is -0.225. The molecule has 0 fully saturated rings. The molecule has 1 N–H and O–H groups in total. The fourth-order valence-electron chi connectivity index (χ4n) is 3.92. The molecule has 1 aliphatic carbocycles. The van der Waals surface area contributed by atoms with Gasteiger partial charge in [-0.3, -0.25) is 4.79 Å². The topological polar surface area (TPSA) is 72.2 Å². The summed E-state index contributed by atoms with van der Waals surface area (Å²) in [6, 6.07) is 13.0. The fraction of sp³-hybridized carbons (Fsp3) is 0.185. The lowest BCUT2D eigenvalue weighted by Gasteiger charge is -2.16. The number of aromatic nitrogens is 4. The van der Waals surface area contributed by atoms with Crippen molar-refractivity contribution in [1.82, 2.24) is 19.6 Å². The Morgan fingerprint density at radius 1 is 1.12 bits per heavy atom. The van der Waals surface area contributed by atoms with Gasteiger partial charge in [-0.05, 0) is 73.6 Å². The predicted molar refractivity (Wildman–Crippen MR) is 128 cm³/mol. The number of nitrogens with zero attached hydrogens (tertiary/aromatic N) is 4. The molecule has 1 unspecified atom stereocenters. The number of pyridine rings is 1. The lowest BCUT2D eigenvalue weighted by molar-refractivity contribution is 0.102. The summed E-state index contributed by atoms with van der Waals surface area (Å²) in [5.41, 5.74) is 4.98. The van der Waals surface area contributed by atoms with E-state index in [2.05, 4.69) is 50.4 Å². The molecule has 3 heterocycles. The number of amides is 1. The quantitative estimate of drug-likeness (QED) is 0.368. The van der Waals surface area contributed by atoms with Crippen LogP contribution in [0.3, 0.4) is 0 Å². The van der Waals surface area contributed by atoms with Gasteiger partial charge < -0.3 is 5.32 Å². The van der Waals surface area contributed by atoms with E-state index in [0.29, 0.717) is 23.0 Å². The van der Waals surface area contributed by atoms with Crippen LogP contribution < -0.4 is 5.32 Å². The van der Waals surface area contributed by atoms with Crippen LogP contribution in [0.2, 0.25) is 0 Å². The third kappa shape index (κ3) is 4.53. The largest absolute Gasteiger partial charge is 0.307 e. The number of carbonyl (C=O) groups excluding carboxylic acids is 1. The molecule has 1 aliphatic rings. The third-order valence-electron chi connectivity index (χ3n) is 5.80. The first kappa shape index (κ1) is 20.7. The van der Waals surface area contributed by atoms with Gasteiger partial charge in [0, 0.05) is 23.2 Å². The SMILES string of the molecule is Cc1ccc(C(=O)Nc2ccccn2)cc1C#Cc1cnc2cc(C3C=CCCC3)cnn12. The average Bonchev–Trinajstić information content (AvgIpc) is 3.27. The van der Waals surface area contributed by atoms with Crippen molar-refractivity contribution >= 4 is 17.4 Å². The molecule has 1 aromatic carbocycles. The van der Waals surface area contributed by atoms with E-state index < -0.39 is 0 Å². The van der Waals surface area contributed by atoms with Crippen molar-refractivity contribution < 1.29 is 4.79 Å². The van der Waals surface area contributed by atoms with Crippen molar-refractivity contribution in [1.29, 1.82) is 0 Å². The Morgan fingerprint density at radius 3 is 2.88 bits per heavy atom. The van der Waals surface area contributed by atoms with Crippen LogP contribution in [0.15, 0.2) is 73.2 Å². The summed E-state index contributed by atoms with van der Waals surface area (Å²) in [5, 5.41) is 7.39. The van der Waals surface area contributed by atoms with Gasteiger partial charge in [0.15, 0.2) is 5.65 Å². The van der Waals surface area contributed by atoms with E-state index in [9.17, 15) is 4.79 Å². The fourth-order valence-corrected chi connectivity index (χ4v) is 3.92. The van der Waals surface area contributed by atoms with Crippen LogP contribution in [0, 0.1) is 18.8 Å². The molecule has 0 spiro atoms. The highest BCUT2D eigenvalue weighted by molar-refractivity contribution is 6.04. The number of rotatable bonds is 3. The highest BCUT2D eigenvalue weighted by atomic mass is 16.1. The molecule has 33 heavy (non-hydrogen) atoms. The summed E-state index contributed by atoms with van der Waals surface area (Å²) in [4.78, 5) is 21.3. The minimum Gasteiger partial charge on any atom is -0.307 e. The van der Waals surface area contributed by atoms with E-state index in [4.69, 9.17) is 0 Å². The Morgan fingerprint density at radius 2 is 2.06 bits per heavy atom. The number of anilines is 1. The molecule has 1 atom stereocenters. The zero-order valence-corrected chi connectivity index (χ0v) is 18.3. The second kappa shape index (κ2) is 9.09. The lowest BCUT2D eigenvalue weighted by atomic mass is 9.90. The number of hydrogen-bond donors (Lipinski definition) is 1. The second-order valence-electron chi connectivity index (χ2n) is 8.12. The molecule has 0 radical (unpaired) electrons. The molecule has 5 rings (SSSR count). The van der Waals surface area contributed by atoms with Crippen LogP contribution in [0.4, 0.5) is 5.82 Å². The first-order chi connectivity index (χ1) is 16.2. The Bertz CT molecular complexity index is 1410. The van der Waals surface area contributed by atoms with Crippen molar-refractivity contribution in [3.05, 3.63) is 101 Å². The van der Waals surface area contributed by atoms with E-state index >= 15 is 0 Å². The molecule has 0 aliphatic heterocycles. The highest BCUT2D eigenvalue weighted by Crippen LogP contribution is 2.27. The number of allylic oxidation sites excluding steroid dienone is 2. The van der Waals surface area contributed by atoms with Gasteiger partial charge in [-0.1, -0.05) is 30.2 Å². The van der Waals surface area contributed by atoms with Crippen molar-refractivity contribution in [2.75, 3.05) is 5.32 Å². The Hall–Kier alpha value is -4.24. The van der Waals surface area contributed by atoms with Crippen LogP contribution in [0.5, 0.6) is 0 Å². The van der Waals surface area contributed by atoms with Crippen LogP contribution >= 0.6 is 0 Å². The molecular weight excluding hydrogens is 410 g/mol. The van der Waals surface area contributed by atoms with Gasteiger partial charge in [-0.2, -0.15) is 5.10 Å². The standard InChI is InChI=1S/C27H23N5O/c1-19-10-11-22(27(33)31-25-9-5-6-14-28-25)15-21(19)12-13-24-18-29-26-16-23(17-30-32(24)26)20-7-3-2-4-8-20/h3,5-7,9-11,14-18,20H,2,4,8H2,1H3,(H,28,31,33). The van der Waals surface area contributed by atoms with Crippen molar-refractivity contribution in [2.45, 2.75) is 32.1 Å². The Kier molecular flexibility index (Phi) is 5.69. The van der Waals surface area contributed by atoms with Crippen molar-refractivity contribution in [3.63, 3.8) is 0 Å². The summed E-state index contributed by atoms with van der Waals surface area (Å²) in [5.74, 6) is 7.05. The minimum absolute atomic E-state index is 0.225. The first-order valence-electron chi connectivity index (χ1n) is 11.0. The summed E-state index contributed by atoms with van der Waals surface area (Å²) in [6.07, 6.45) is 13.3. The molecule has 0 saturated heterocycles. The zero-order chi connectivity index (χ0) is 22.6. The van der Waals surface area contributed by atoms with E-state index in [0.717, 1.165) is 29.6 Å². The van der Waals surface area contributed by atoms with Crippen LogP contribution in [0.1, 0.15) is 57.9 Å². The Labute approximate surface area is 192 Å². The number of benzene rings is 1. The average molecular weight is 434 g/mol. The van der Waals surface area contributed by atoms with Gasteiger partial charge in [0.25, 0.3) is 5.91 Å². The summed E-state index contributed by atoms with van der Waals surface area (Å²) < 4.78 is 1.76. The number of aryl methyl sites for hydroxylation is 1. The van der Waals surface area contributed by atoms with Crippen LogP contribution in [0.25, 0.3) is 5.65 Å². The molecule has 162 valence electrons. The molecule has 0 saturated carbocycles. The smallest absolute Gasteiger partial charge is 0.256 e. The van der Waals surface area contributed by atoms with Gasteiger partial charge in [0.1, 0.15) is 11.5 Å². The van der Waals surface area contributed by atoms with Crippen molar-refractivity contribution in [3.8, 4) is 11.8 Å². The lowest BCUT2D eigenvalue weighted by Crippen LogP contribution is -2.13. The highest BCUT2D eigenvalue weighted by Gasteiger charge is 2.13. The van der Waals surface area contributed by atoms with Gasteiger partial charge in [-0.25, -0.2) is 14.5 Å². The van der Waals surface area contributed by atoms with Gasteiger partial charge in [0.2, 0.25) is 0 Å². The predicted octanol–water partition coefficient (Wildman–Crippen LogP) is 4.91. The van der Waals surface area contributed by atoms with E-state index in [-0.39, 0.29) is 5.91 Å². The Balaban J connectivity index is 1.40. The van der Waals surface area contributed by atoms with Gasteiger partial charge in [-0.15, -0.1) is 0 Å². The maximum atomic E-state index is 12.6. The third-order valence-corrected chi connectivity index (χ3v) is 5.80. The molecule has 6 nitrogen and oxygen atoms in total. The molecule has 3 aromatic heterocycles. The molecule has 4 aromatic rings. The van der Waals surface area contributed by atoms with Gasteiger partial charge in [0.05, 0.1) is 12.4 Å². The maximum absolute atomic E-state index is 12.6. The number of imidazole rings is 1. The number of fused-ring (bicyclic) bond motifs is 1. The number of carbonyl (C=O) groups is 1. The monoisotopic (exact) mass is 433 g/mol. The number of nitrogens with one attached hydrogen (secondary N) is 1. The van der Waals surface area contributed by atoms with Crippen LogP contribution in [-0.4, -0.2) is 25.5 Å². The maximum Gasteiger partial charge on any atom is 0.256 e. The first-order valence-corrected chi connectivity index (χ1v) is 11.0. The van der Waals surface area contributed by atoms with E-state index in [1.807, 2.05) is 25.3 Å². The molecule has 1 amide bonds.